The molecule has 79 heavy (non-hydrogen) atoms. The summed E-state index contributed by atoms with van der Waals surface area (Å²) in [7, 11) is 0. The Kier molecular flexibility index (Phi) is 15.9. The van der Waals surface area contributed by atoms with E-state index in [1.807, 2.05) is 50.3 Å². The largest absolute Gasteiger partial charge is 0.393 e. The Balaban J connectivity index is 0.677. The first-order chi connectivity index (χ1) is 38.0. The van der Waals surface area contributed by atoms with Gasteiger partial charge in [-0.2, -0.15) is 0 Å². The zero-order valence-electron chi connectivity index (χ0n) is 46.1. The summed E-state index contributed by atoms with van der Waals surface area (Å²) in [4.78, 5) is 0. The van der Waals surface area contributed by atoms with Gasteiger partial charge in [0, 0.05) is 43.9 Å². The maximum atomic E-state index is 12.4. The second-order valence-electron chi connectivity index (χ2n) is 25.9. The van der Waals surface area contributed by atoms with Gasteiger partial charge < -0.3 is 92.2 Å². The molecule has 0 aromatic heterocycles. The van der Waals surface area contributed by atoms with E-state index in [1.54, 1.807) is 6.08 Å². The number of fused-ring (bicyclic) bond motifs is 11. The van der Waals surface area contributed by atoms with E-state index in [1.165, 1.54) is 6.08 Å². The van der Waals surface area contributed by atoms with Crippen LogP contribution in [0.5, 0.6) is 0 Å². The molecule has 0 aromatic carbocycles. The van der Waals surface area contributed by atoms with Crippen molar-refractivity contribution in [2.75, 3.05) is 13.2 Å². The second-order valence-corrected chi connectivity index (χ2v) is 25.9. The van der Waals surface area contributed by atoms with Gasteiger partial charge in [-0.1, -0.05) is 88.5 Å². The molecule has 19 nitrogen and oxygen atoms in total. The number of hydrogen-bond donors (Lipinski definition) is 6. The SMILES string of the molecule is C[C@@H]1C[C@@H]2O[C@@H]3[C@@H](C)[C@H](O)C4O[C@]5(C[C@H](O)CO5)[C@@H](C)[C@H](C)[C@H]4O[C@H]3C[C@H]2O[C@H]2C[C@H]3O[C@H]4C/C=C\C[C@H]5O[C@H]6C=C[C@H]7O[C@H]8[C@H](O)[C@H]9O[C@@H](/C=C/[C@H](O)CO)C=CC[C@@H]9O[C@@H]8C[C@@H]7O[C@@H]6C=C[C@@H]5O[C@@H]4C[C@@H](O)[C@]3(C)O[C@@H]2C1. The lowest BCUT2D eigenvalue weighted by Crippen LogP contribution is -2.63. The summed E-state index contributed by atoms with van der Waals surface area (Å²) in [5.41, 5.74) is -1.04. The normalized spacial score (nSPS) is 56.8. The van der Waals surface area contributed by atoms with Crippen molar-refractivity contribution in [3.8, 4) is 0 Å². The Morgan fingerprint density at radius 3 is 1.91 bits per heavy atom. The van der Waals surface area contributed by atoms with Crippen LogP contribution in [0.1, 0.15) is 98.8 Å². The van der Waals surface area contributed by atoms with Crippen LogP contribution in [0.15, 0.2) is 60.8 Å². The molecule has 9 fully saturated rings. The fourth-order valence-corrected chi connectivity index (χ4v) is 15.9. The molecular formula is C60H86O19. The monoisotopic (exact) mass is 1110 g/mol. The molecule has 9 saturated heterocycles. The maximum Gasteiger partial charge on any atom is 0.174 e. The van der Waals surface area contributed by atoms with Gasteiger partial charge in [0.2, 0.25) is 0 Å². The molecule has 0 amide bonds. The van der Waals surface area contributed by atoms with Crippen LogP contribution in [0, 0.1) is 23.7 Å². The lowest BCUT2D eigenvalue weighted by atomic mass is 9.75. The lowest BCUT2D eigenvalue weighted by molar-refractivity contribution is -0.339. The predicted molar refractivity (Wildman–Crippen MR) is 279 cm³/mol. The quantitative estimate of drug-likeness (QED) is 0.223. The molecule has 13 heterocycles. The van der Waals surface area contributed by atoms with Gasteiger partial charge >= 0.3 is 0 Å². The third-order valence-electron chi connectivity index (χ3n) is 20.6. The summed E-state index contributed by atoms with van der Waals surface area (Å²) in [6.45, 7) is 10.3. The van der Waals surface area contributed by atoms with Crippen LogP contribution in [0.3, 0.4) is 0 Å². The van der Waals surface area contributed by atoms with Crippen molar-refractivity contribution in [1.82, 2.24) is 0 Å². The molecule has 19 heteroatoms. The van der Waals surface area contributed by atoms with Crippen LogP contribution in [0.25, 0.3) is 0 Å². The van der Waals surface area contributed by atoms with Crippen LogP contribution in [-0.4, -0.2) is 220 Å². The highest BCUT2D eigenvalue weighted by atomic mass is 16.7. The van der Waals surface area contributed by atoms with E-state index in [9.17, 15) is 30.6 Å². The van der Waals surface area contributed by atoms with Crippen molar-refractivity contribution < 1.29 is 92.2 Å². The Labute approximate surface area is 463 Å². The summed E-state index contributed by atoms with van der Waals surface area (Å²) in [5, 5.41) is 65.9. The minimum Gasteiger partial charge on any atom is -0.393 e. The Hall–Kier alpha value is -2.06. The van der Waals surface area contributed by atoms with Gasteiger partial charge in [0.1, 0.15) is 54.4 Å². The number of hydrogen-bond acceptors (Lipinski definition) is 19. The van der Waals surface area contributed by atoms with Gasteiger partial charge in [-0.05, 0) is 50.9 Å². The number of rotatable bonds is 3. The van der Waals surface area contributed by atoms with E-state index in [2.05, 4.69) is 32.9 Å². The molecule has 0 aromatic rings. The van der Waals surface area contributed by atoms with Gasteiger partial charge in [0.15, 0.2) is 5.79 Å². The van der Waals surface area contributed by atoms with Crippen LogP contribution in [0.2, 0.25) is 0 Å². The Bertz CT molecular complexity index is 2300. The van der Waals surface area contributed by atoms with Crippen LogP contribution < -0.4 is 0 Å². The van der Waals surface area contributed by atoms with E-state index in [0.717, 1.165) is 6.42 Å². The number of aliphatic hydroxyl groups excluding tert-OH is 6. The van der Waals surface area contributed by atoms with Gasteiger partial charge in [-0.15, -0.1) is 0 Å². The first-order valence-corrected chi connectivity index (χ1v) is 30.0. The molecule has 33 atom stereocenters. The molecular weight excluding hydrogens is 1020 g/mol. The van der Waals surface area contributed by atoms with Gasteiger partial charge in [-0.3, -0.25) is 0 Å². The molecule has 0 aliphatic carbocycles. The van der Waals surface area contributed by atoms with Gasteiger partial charge in [-0.25, -0.2) is 0 Å². The highest BCUT2D eigenvalue weighted by molar-refractivity contribution is 5.18. The van der Waals surface area contributed by atoms with E-state index >= 15 is 0 Å². The molecule has 0 bridgehead atoms. The highest BCUT2D eigenvalue weighted by Crippen LogP contribution is 2.52. The molecule has 1 spiro atoms. The molecule has 13 aliphatic rings. The lowest BCUT2D eigenvalue weighted by Gasteiger charge is -2.53. The van der Waals surface area contributed by atoms with Crippen molar-refractivity contribution in [1.29, 1.82) is 0 Å². The summed E-state index contributed by atoms with van der Waals surface area (Å²) < 4.78 is 89.0. The van der Waals surface area contributed by atoms with Crippen molar-refractivity contribution >= 4 is 0 Å². The average Bonchev–Trinajstić information content (AvgIpc) is 3.66. The molecule has 13 aliphatic heterocycles. The van der Waals surface area contributed by atoms with Crippen molar-refractivity contribution in [3.63, 3.8) is 0 Å². The fourth-order valence-electron chi connectivity index (χ4n) is 15.9. The third-order valence-corrected chi connectivity index (χ3v) is 20.6. The van der Waals surface area contributed by atoms with Crippen molar-refractivity contribution in [2.45, 2.75) is 275 Å². The highest BCUT2D eigenvalue weighted by Gasteiger charge is 2.63. The first-order valence-electron chi connectivity index (χ1n) is 30.0. The zero-order chi connectivity index (χ0) is 54.6. The second kappa shape index (κ2) is 22.4. The summed E-state index contributed by atoms with van der Waals surface area (Å²) >= 11 is 0. The molecule has 1 unspecified atom stereocenters. The summed E-state index contributed by atoms with van der Waals surface area (Å²) in [5.74, 6) is -1.19. The Morgan fingerprint density at radius 1 is 0.519 bits per heavy atom. The molecule has 13 rings (SSSR count). The topological polar surface area (TPSA) is 241 Å². The molecule has 0 saturated carbocycles. The number of ether oxygens (including phenoxy) is 13. The van der Waals surface area contributed by atoms with Gasteiger partial charge in [0.25, 0.3) is 0 Å². The first kappa shape index (κ1) is 56.1. The third kappa shape index (κ3) is 10.5. The standard InChI is InChI=1S/C60H86O19/c1-28-19-42-44(22-48-54(76-42)30(3)52(65)58-55(77-48)29(2)31(4)60(79-58)25-33(63)27-67-60)73-46-24-51-59(5,78-47(46)20-28)50(64)23-45-36(74-51)11-7-6-10-35-37(71-45)15-16-39-38(69-35)17-18-40-43(70-39)21-49-57(75-40)53(66)56-41(72-49)12-8-9-34(68-56)14-13-32(62)26-61/h6-9,13-18,28-58,61-66H,10-12,19-27H2,1-5H3/b7-6-,14-13+/t28-,29+,30+,31+,32+,33+,34-,35-,36+,37+,38+,39-,40-,41+,42+,43+,44-,45-,46+,47-,48+,49-,50-,51-,52+,53-,54-,55-,56+,57-,58?,59+,60-/m1/s1. The maximum absolute atomic E-state index is 12.4. The van der Waals surface area contributed by atoms with Gasteiger partial charge in [0.05, 0.1) is 129 Å². The van der Waals surface area contributed by atoms with Crippen molar-refractivity contribution in [2.24, 2.45) is 23.7 Å². The van der Waals surface area contributed by atoms with Crippen LogP contribution >= 0.6 is 0 Å². The van der Waals surface area contributed by atoms with E-state index in [0.29, 0.717) is 57.8 Å². The average molecular weight is 1110 g/mol. The van der Waals surface area contributed by atoms with Crippen molar-refractivity contribution in [3.05, 3.63) is 60.8 Å². The molecule has 440 valence electrons. The van der Waals surface area contributed by atoms with E-state index in [4.69, 9.17) is 61.6 Å². The summed E-state index contributed by atoms with van der Waals surface area (Å²) in [6.07, 6.45) is 10.5. The Morgan fingerprint density at radius 2 is 1.14 bits per heavy atom. The minimum absolute atomic E-state index is 0.0318. The fraction of sp³-hybridized carbons (Fsp3) is 0.833. The number of aliphatic hydroxyl groups is 6. The smallest absolute Gasteiger partial charge is 0.174 e. The summed E-state index contributed by atoms with van der Waals surface area (Å²) in [6, 6.07) is 0. The van der Waals surface area contributed by atoms with E-state index in [-0.39, 0.29) is 79.1 Å². The van der Waals surface area contributed by atoms with Crippen LogP contribution in [-0.2, 0) is 61.6 Å². The predicted octanol–water partition coefficient (Wildman–Crippen LogP) is 2.97. The van der Waals surface area contributed by atoms with E-state index < -0.39 is 134 Å². The zero-order valence-corrected chi connectivity index (χ0v) is 46.1. The molecule has 0 radical (unpaired) electrons. The molecule has 6 N–H and O–H groups in total. The van der Waals surface area contributed by atoms with Crippen LogP contribution in [0.4, 0.5) is 0 Å². The minimum atomic E-state index is -1.04.